The van der Waals surface area contributed by atoms with E-state index in [1.165, 1.54) is 52.2 Å². The molecule has 4 heteroatoms. The van der Waals surface area contributed by atoms with E-state index in [1.807, 2.05) is 0 Å². The predicted molar refractivity (Wildman–Crippen MR) is 74.6 cm³/mol. The van der Waals surface area contributed by atoms with Crippen LogP contribution in [0, 0.1) is 0 Å². The summed E-state index contributed by atoms with van der Waals surface area (Å²) in [6.45, 7) is 13.1. The van der Waals surface area contributed by atoms with Gasteiger partial charge in [0.15, 0.2) is 0 Å². The van der Waals surface area contributed by atoms with Crippen LogP contribution in [0.3, 0.4) is 0 Å². The zero-order valence-corrected chi connectivity index (χ0v) is 11.9. The molecule has 0 unspecified atom stereocenters. The minimum Gasteiger partial charge on any atom is -0.314 e. The first-order chi connectivity index (χ1) is 8.22. The fourth-order valence-electron chi connectivity index (χ4n) is 2.21. The van der Waals surface area contributed by atoms with Crippen LogP contribution in [0.25, 0.3) is 0 Å². The molecule has 1 saturated heterocycles. The van der Waals surface area contributed by atoms with Gasteiger partial charge in [0.1, 0.15) is 0 Å². The van der Waals surface area contributed by atoms with Crippen molar-refractivity contribution in [3.63, 3.8) is 0 Å². The van der Waals surface area contributed by atoms with Gasteiger partial charge in [-0.2, -0.15) is 0 Å². The maximum absolute atomic E-state index is 3.41. The Morgan fingerprint density at radius 1 is 1.00 bits per heavy atom. The summed E-state index contributed by atoms with van der Waals surface area (Å²) < 4.78 is 0. The average Bonchev–Trinajstić information content (AvgIpc) is 2.34. The van der Waals surface area contributed by atoms with Crippen molar-refractivity contribution in [2.45, 2.75) is 13.3 Å². The van der Waals surface area contributed by atoms with Gasteiger partial charge in [0, 0.05) is 52.4 Å². The van der Waals surface area contributed by atoms with Crippen molar-refractivity contribution < 1.29 is 0 Å². The molecule has 0 amide bonds. The molecule has 1 rings (SSSR count). The molecule has 4 nitrogen and oxygen atoms in total. The molecular weight excluding hydrogens is 212 g/mol. The summed E-state index contributed by atoms with van der Waals surface area (Å²) in [6.07, 6.45) is 1.26. The molecule has 1 fully saturated rings. The number of rotatable bonds is 8. The van der Waals surface area contributed by atoms with E-state index in [0.29, 0.717) is 0 Å². The highest BCUT2D eigenvalue weighted by molar-refractivity contribution is 4.69. The van der Waals surface area contributed by atoms with Crippen LogP contribution in [0.1, 0.15) is 13.3 Å². The zero-order chi connectivity index (χ0) is 12.5. The molecule has 0 spiro atoms. The Morgan fingerprint density at radius 2 is 1.71 bits per heavy atom. The maximum Gasteiger partial charge on any atom is 0.0110 e. The lowest BCUT2D eigenvalue weighted by molar-refractivity contribution is 0.179. The lowest BCUT2D eigenvalue weighted by atomic mass is 10.3. The highest BCUT2D eigenvalue weighted by atomic mass is 15.2. The van der Waals surface area contributed by atoms with Gasteiger partial charge in [0.25, 0.3) is 0 Å². The van der Waals surface area contributed by atoms with E-state index in [0.717, 1.165) is 13.1 Å². The van der Waals surface area contributed by atoms with Crippen LogP contribution in [0.4, 0.5) is 0 Å². The van der Waals surface area contributed by atoms with Crippen LogP contribution in [0.5, 0.6) is 0 Å². The fraction of sp³-hybridized carbons (Fsp3) is 1.00. The van der Waals surface area contributed by atoms with E-state index < -0.39 is 0 Å². The number of piperazine rings is 1. The molecule has 0 aromatic heterocycles. The molecule has 1 aliphatic heterocycles. The van der Waals surface area contributed by atoms with Crippen molar-refractivity contribution in [1.29, 1.82) is 0 Å². The SMILES string of the molecule is CCCN(CCN(C)C)CCN1CCNCC1. The summed E-state index contributed by atoms with van der Waals surface area (Å²) in [5.74, 6) is 0. The van der Waals surface area contributed by atoms with Crippen LogP contribution < -0.4 is 5.32 Å². The minimum atomic E-state index is 1.16. The van der Waals surface area contributed by atoms with Gasteiger partial charge >= 0.3 is 0 Å². The molecule has 1 heterocycles. The molecule has 1 aliphatic rings. The summed E-state index contributed by atoms with van der Waals surface area (Å²) in [5, 5.41) is 3.41. The van der Waals surface area contributed by atoms with Gasteiger partial charge < -0.3 is 15.1 Å². The summed E-state index contributed by atoms with van der Waals surface area (Å²) in [4.78, 5) is 7.45. The van der Waals surface area contributed by atoms with Crippen molar-refractivity contribution in [3.8, 4) is 0 Å². The van der Waals surface area contributed by atoms with Crippen LogP contribution in [0.15, 0.2) is 0 Å². The summed E-state index contributed by atoms with van der Waals surface area (Å²) in [7, 11) is 4.31. The molecule has 0 aliphatic carbocycles. The molecule has 17 heavy (non-hydrogen) atoms. The fourth-order valence-corrected chi connectivity index (χ4v) is 2.21. The first-order valence-electron chi connectivity index (χ1n) is 7.02. The molecule has 0 aromatic carbocycles. The van der Waals surface area contributed by atoms with E-state index in [2.05, 4.69) is 41.0 Å². The molecular formula is C13H30N4. The molecule has 0 radical (unpaired) electrons. The van der Waals surface area contributed by atoms with Crippen LogP contribution >= 0.6 is 0 Å². The first kappa shape index (κ1) is 14.9. The van der Waals surface area contributed by atoms with Gasteiger partial charge in [0.2, 0.25) is 0 Å². The highest BCUT2D eigenvalue weighted by Crippen LogP contribution is 1.96. The molecule has 0 aromatic rings. The summed E-state index contributed by atoms with van der Waals surface area (Å²) in [6, 6.07) is 0. The molecule has 0 bridgehead atoms. The molecule has 0 atom stereocenters. The van der Waals surface area contributed by atoms with Gasteiger partial charge in [0.05, 0.1) is 0 Å². The van der Waals surface area contributed by atoms with E-state index >= 15 is 0 Å². The number of nitrogens with one attached hydrogen (secondary N) is 1. The largest absolute Gasteiger partial charge is 0.314 e. The third-order valence-electron chi connectivity index (χ3n) is 3.35. The smallest absolute Gasteiger partial charge is 0.0110 e. The molecule has 102 valence electrons. The Labute approximate surface area is 107 Å². The topological polar surface area (TPSA) is 21.8 Å². The lowest BCUT2D eigenvalue weighted by Crippen LogP contribution is -2.47. The van der Waals surface area contributed by atoms with Crippen molar-refractivity contribution in [2.24, 2.45) is 0 Å². The third-order valence-corrected chi connectivity index (χ3v) is 3.35. The highest BCUT2D eigenvalue weighted by Gasteiger charge is 2.11. The van der Waals surface area contributed by atoms with Gasteiger partial charge in [-0.1, -0.05) is 6.92 Å². The molecule has 0 saturated carbocycles. The second-order valence-corrected chi connectivity index (χ2v) is 5.24. The van der Waals surface area contributed by atoms with Crippen molar-refractivity contribution in [3.05, 3.63) is 0 Å². The van der Waals surface area contributed by atoms with E-state index in [9.17, 15) is 0 Å². The Bertz CT molecular complexity index is 178. The Hall–Kier alpha value is -0.160. The van der Waals surface area contributed by atoms with Gasteiger partial charge in [-0.05, 0) is 27.1 Å². The average molecular weight is 242 g/mol. The third kappa shape index (κ3) is 6.99. The predicted octanol–water partition coefficient (Wildman–Crippen LogP) is 0.165. The monoisotopic (exact) mass is 242 g/mol. The second-order valence-electron chi connectivity index (χ2n) is 5.24. The van der Waals surface area contributed by atoms with Gasteiger partial charge in [-0.15, -0.1) is 0 Å². The van der Waals surface area contributed by atoms with Gasteiger partial charge in [-0.25, -0.2) is 0 Å². The second kappa shape index (κ2) is 8.86. The zero-order valence-electron chi connectivity index (χ0n) is 11.9. The maximum atomic E-state index is 3.41. The normalized spacial score (nSPS) is 18.2. The Morgan fingerprint density at radius 3 is 2.29 bits per heavy atom. The quantitative estimate of drug-likeness (QED) is 0.655. The van der Waals surface area contributed by atoms with E-state index in [4.69, 9.17) is 0 Å². The van der Waals surface area contributed by atoms with Crippen molar-refractivity contribution in [2.75, 3.05) is 73.0 Å². The Kier molecular flexibility index (Phi) is 7.77. The van der Waals surface area contributed by atoms with Crippen molar-refractivity contribution in [1.82, 2.24) is 20.0 Å². The lowest BCUT2D eigenvalue weighted by Gasteiger charge is -2.30. The van der Waals surface area contributed by atoms with E-state index in [1.54, 1.807) is 0 Å². The van der Waals surface area contributed by atoms with Crippen LogP contribution in [-0.2, 0) is 0 Å². The Balaban J connectivity index is 2.17. The first-order valence-corrected chi connectivity index (χ1v) is 7.02. The number of nitrogens with zero attached hydrogens (tertiary/aromatic N) is 3. The molecule has 1 N–H and O–H groups in total. The van der Waals surface area contributed by atoms with Crippen LogP contribution in [-0.4, -0.2) is 87.7 Å². The van der Waals surface area contributed by atoms with Gasteiger partial charge in [-0.3, -0.25) is 4.90 Å². The summed E-state index contributed by atoms with van der Waals surface area (Å²) >= 11 is 0. The van der Waals surface area contributed by atoms with Crippen molar-refractivity contribution >= 4 is 0 Å². The number of hydrogen-bond acceptors (Lipinski definition) is 4. The standard InChI is InChI=1S/C13H30N4/c1-4-7-16(11-10-15(2)3)12-13-17-8-5-14-6-9-17/h14H,4-13H2,1-3H3. The number of likely N-dealkylation sites (N-methyl/N-ethyl adjacent to an activating group) is 1. The summed E-state index contributed by atoms with van der Waals surface area (Å²) in [5.41, 5.74) is 0. The minimum absolute atomic E-state index is 1.16. The van der Waals surface area contributed by atoms with Crippen LogP contribution in [0.2, 0.25) is 0 Å². The number of hydrogen-bond donors (Lipinski definition) is 1. The van der Waals surface area contributed by atoms with E-state index in [-0.39, 0.29) is 0 Å².